The molecule has 27 heavy (non-hydrogen) atoms. The van der Waals surface area contributed by atoms with Gasteiger partial charge in [0.25, 0.3) is 0 Å². The Labute approximate surface area is 164 Å². The zero-order valence-corrected chi connectivity index (χ0v) is 16.9. The number of carbonyl (C=O) groups excluding carboxylic acids is 1. The number of allylic oxidation sites excluding steroid dienone is 3. The van der Waals surface area contributed by atoms with Crippen molar-refractivity contribution in [1.29, 1.82) is 0 Å². The fraction of sp³-hybridized carbons (Fsp3) is 0.773. The van der Waals surface area contributed by atoms with Crippen LogP contribution in [0, 0.1) is 11.8 Å². The number of aliphatic hydroxyl groups is 3. The molecule has 0 bridgehead atoms. The van der Waals surface area contributed by atoms with Gasteiger partial charge in [-0.05, 0) is 62.9 Å². The maximum absolute atomic E-state index is 10.6. The van der Waals surface area contributed by atoms with Crippen molar-refractivity contribution in [2.75, 3.05) is 0 Å². The number of hydrogen-bond donors (Lipinski definition) is 3. The number of aliphatic hydroxyl groups excluding tert-OH is 3. The maximum Gasteiger partial charge on any atom is 0.307 e. The molecule has 5 heteroatoms. The molecule has 0 saturated heterocycles. The van der Waals surface area contributed by atoms with Gasteiger partial charge in [-0.1, -0.05) is 38.3 Å². The molecule has 1 aliphatic carbocycles. The Kier molecular flexibility index (Phi) is 12.3. The van der Waals surface area contributed by atoms with Gasteiger partial charge in [0, 0.05) is 6.92 Å². The molecular formula is C22H38O5. The van der Waals surface area contributed by atoms with E-state index in [0.29, 0.717) is 12.8 Å². The third-order valence-electron chi connectivity index (χ3n) is 5.46. The Morgan fingerprint density at radius 1 is 1.07 bits per heavy atom. The molecular weight excluding hydrogens is 344 g/mol. The summed E-state index contributed by atoms with van der Waals surface area (Å²) in [7, 11) is 0. The van der Waals surface area contributed by atoms with Gasteiger partial charge < -0.3 is 20.1 Å². The predicted octanol–water partition coefficient (Wildman–Crippen LogP) is 3.87. The zero-order valence-electron chi connectivity index (χ0n) is 16.9. The molecule has 156 valence electrons. The molecule has 5 atom stereocenters. The van der Waals surface area contributed by atoms with Crippen molar-refractivity contribution in [3.05, 3.63) is 24.5 Å². The van der Waals surface area contributed by atoms with Crippen molar-refractivity contribution in [2.45, 2.75) is 96.4 Å². The summed E-state index contributed by atoms with van der Waals surface area (Å²) in [6.07, 6.45) is 14.4. The summed E-state index contributed by atoms with van der Waals surface area (Å²) in [4.78, 5) is 10.6. The lowest BCUT2D eigenvalue weighted by molar-refractivity contribution is -0.135. The summed E-state index contributed by atoms with van der Waals surface area (Å²) >= 11 is 0. The van der Waals surface area contributed by atoms with Crippen molar-refractivity contribution in [3.8, 4) is 0 Å². The first-order chi connectivity index (χ1) is 13.0. The molecule has 0 spiro atoms. The van der Waals surface area contributed by atoms with Crippen molar-refractivity contribution in [3.63, 3.8) is 0 Å². The third-order valence-corrected chi connectivity index (χ3v) is 5.46. The molecule has 0 aromatic rings. The van der Waals surface area contributed by atoms with Crippen LogP contribution >= 0.6 is 0 Å². The van der Waals surface area contributed by atoms with E-state index in [-0.39, 0.29) is 23.9 Å². The highest BCUT2D eigenvalue weighted by atomic mass is 16.5. The number of carbonyl (C=O) groups is 1. The quantitative estimate of drug-likeness (QED) is 0.195. The lowest BCUT2D eigenvalue weighted by atomic mass is 9.84. The van der Waals surface area contributed by atoms with Crippen LogP contribution in [0.4, 0.5) is 0 Å². The number of ether oxygens (including phenoxy) is 1. The van der Waals surface area contributed by atoms with Crippen molar-refractivity contribution >= 4 is 5.97 Å². The number of unbranched alkanes of at least 4 members (excludes halogenated alkanes) is 3. The summed E-state index contributed by atoms with van der Waals surface area (Å²) in [6, 6.07) is 0. The third kappa shape index (κ3) is 10.1. The van der Waals surface area contributed by atoms with Crippen LogP contribution in [0.5, 0.6) is 0 Å². The lowest BCUT2D eigenvalue weighted by Gasteiger charge is -2.24. The van der Waals surface area contributed by atoms with Crippen LogP contribution in [0.3, 0.4) is 0 Å². The summed E-state index contributed by atoms with van der Waals surface area (Å²) in [5.41, 5.74) is 0. The van der Waals surface area contributed by atoms with Gasteiger partial charge in [-0.3, -0.25) is 4.79 Å². The van der Waals surface area contributed by atoms with Gasteiger partial charge >= 0.3 is 5.97 Å². The normalized spacial score (nSPS) is 26.9. The van der Waals surface area contributed by atoms with Crippen molar-refractivity contribution in [2.24, 2.45) is 11.8 Å². The Bertz CT molecular complexity index is 460. The SMILES string of the molecule is CCCCC[C@H](O)CC[C@@H]1[C@@H](CCC/C=C/C=C/OC(C)=O)[C@@H](O)C[C@H]1O. The van der Waals surface area contributed by atoms with E-state index in [0.717, 1.165) is 51.4 Å². The second kappa shape index (κ2) is 13.9. The highest BCUT2D eigenvalue weighted by molar-refractivity contribution is 5.66. The van der Waals surface area contributed by atoms with Gasteiger partial charge in [-0.2, -0.15) is 0 Å². The van der Waals surface area contributed by atoms with E-state index in [2.05, 4.69) is 6.92 Å². The fourth-order valence-corrected chi connectivity index (χ4v) is 3.97. The molecule has 0 unspecified atom stereocenters. The van der Waals surface area contributed by atoms with Crippen LogP contribution in [-0.2, 0) is 9.53 Å². The minimum Gasteiger partial charge on any atom is -0.435 e. The van der Waals surface area contributed by atoms with E-state index in [9.17, 15) is 20.1 Å². The van der Waals surface area contributed by atoms with Crippen LogP contribution in [0.1, 0.15) is 78.1 Å². The van der Waals surface area contributed by atoms with Gasteiger partial charge in [0.2, 0.25) is 0 Å². The van der Waals surface area contributed by atoms with E-state index in [4.69, 9.17) is 4.74 Å². The van der Waals surface area contributed by atoms with Crippen molar-refractivity contribution < 1.29 is 24.9 Å². The molecule has 1 fully saturated rings. The molecule has 0 aromatic carbocycles. The Morgan fingerprint density at radius 3 is 2.44 bits per heavy atom. The van der Waals surface area contributed by atoms with E-state index in [1.54, 1.807) is 6.08 Å². The van der Waals surface area contributed by atoms with Crippen LogP contribution in [-0.4, -0.2) is 39.6 Å². The number of esters is 1. The summed E-state index contributed by atoms with van der Waals surface area (Å²) < 4.78 is 4.69. The van der Waals surface area contributed by atoms with E-state index < -0.39 is 12.2 Å². The standard InChI is InChI=1S/C22H38O5/c1-3-4-8-11-18(24)13-14-20-19(21(25)16-22(20)26)12-9-6-5-7-10-15-27-17(2)23/h5,7,10,15,18-22,24-26H,3-4,6,8-9,11-14,16H2,1-2H3/b7-5+,15-10+/t18-,19+,20+,21-,22+/m0/s1. The minimum atomic E-state index is -0.463. The molecule has 1 aliphatic rings. The average molecular weight is 383 g/mol. The first-order valence-corrected chi connectivity index (χ1v) is 10.5. The smallest absolute Gasteiger partial charge is 0.307 e. The number of hydrogen-bond acceptors (Lipinski definition) is 5. The molecule has 1 saturated carbocycles. The molecule has 0 aromatic heterocycles. The molecule has 0 aliphatic heterocycles. The minimum absolute atomic E-state index is 0.0775. The molecule has 1 rings (SSSR count). The van der Waals surface area contributed by atoms with Crippen molar-refractivity contribution in [1.82, 2.24) is 0 Å². The van der Waals surface area contributed by atoms with Crippen LogP contribution < -0.4 is 0 Å². The van der Waals surface area contributed by atoms with Crippen LogP contribution in [0.25, 0.3) is 0 Å². The molecule has 5 nitrogen and oxygen atoms in total. The predicted molar refractivity (Wildman–Crippen MR) is 107 cm³/mol. The Morgan fingerprint density at radius 2 is 1.78 bits per heavy atom. The Balaban J connectivity index is 2.33. The monoisotopic (exact) mass is 382 g/mol. The number of rotatable bonds is 13. The van der Waals surface area contributed by atoms with Crippen LogP contribution in [0.15, 0.2) is 24.5 Å². The van der Waals surface area contributed by atoms with Gasteiger partial charge in [0.05, 0.1) is 24.6 Å². The topological polar surface area (TPSA) is 87.0 Å². The fourth-order valence-electron chi connectivity index (χ4n) is 3.97. The first kappa shape index (κ1) is 23.9. The second-order valence-corrected chi connectivity index (χ2v) is 7.72. The summed E-state index contributed by atoms with van der Waals surface area (Å²) in [5, 5.41) is 30.7. The molecule has 0 amide bonds. The second-order valence-electron chi connectivity index (χ2n) is 7.72. The summed E-state index contributed by atoms with van der Waals surface area (Å²) in [6.45, 7) is 3.51. The van der Waals surface area contributed by atoms with Gasteiger partial charge in [-0.25, -0.2) is 0 Å². The highest BCUT2D eigenvalue weighted by Gasteiger charge is 2.40. The molecule has 0 heterocycles. The largest absolute Gasteiger partial charge is 0.435 e. The van der Waals surface area contributed by atoms with Gasteiger partial charge in [-0.15, -0.1) is 0 Å². The molecule has 3 N–H and O–H groups in total. The van der Waals surface area contributed by atoms with E-state index >= 15 is 0 Å². The van der Waals surface area contributed by atoms with Crippen LogP contribution in [0.2, 0.25) is 0 Å². The molecule has 0 radical (unpaired) electrons. The maximum atomic E-state index is 10.6. The van der Waals surface area contributed by atoms with Gasteiger partial charge in [0.15, 0.2) is 0 Å². The van der Waals surface area contributed by atoms with E-state index in [1.807, 2.05) is 12.2 Å². The first-order valence-electron chi connectivity index (χ1n) is 10.5. The zero-order chi connectivity index (χ0) is 20.1. The Hall–Kier alpha value is -1.17. The van der Waals surface area contributed by atoms with E-state index in [1.165, 1.54) is 13.2 Å². The highest BCUT2D eigenvalue weighted by Crippen LogP contribution is 2.39. The summed E-state index contributed by atoms with van der Waals surface area (Å²) in [5.74, 6) is -0.156. The lowest BCUT2D eigenvalue weighted by Crippen LogP contribution is -2.23. The average Bonchev–Trinajstić information content (AvgIpc) is 2.88. The van der Waals surface area contributed by atoms with Gasteiger partial charge in [0.1, 0.15) is 0 Å².